The van der Waals surface area contributed by atoms with Crippen LogP contribution >= 0.6 is 0 Å². The second-order valence-electron chi connectivity index (χ2n) is 4.26. The smallest absolute Gasteiger partial charge is 0.123 e. The molecule has 1 rings (SSSR count). The van der Waals surface area contributed by atoms with E-state index >= 15 is 0 Å². The van der Waals surface area contributed by atoms with Gasteiger partial charge in [0.25, 0.3) is 0 Å². The van der Waals surface area contributed by atoms with Crippen molar-refractivity contribution in [3.05, 3.63) is 23.3 Å². The maximum absolute atomic E-state index is 8.09. The molecule has 15 heavy (non-hydrogen) atoms. The van der Waals surface area contributed by atoms with Crippen LogP contribution in [0.1, 0.15) is 40.0 Å². The summed E-state index contributed by atoms with van der Waals surface area (Å²) in [6.07, 6.45) is 7.96. The molecule has 0 atom stereocenters. The monoisotopic (exact) mass is 206 g/mol. The Balaban J connectivity index is 2.62. The molecular formula is C13H22N2. The van der Waals surface area contributed by atoms with Crippen LogP contribution in [0.5, 0.6) is 0 Å². The first-order valence-corrected chi connectivity index (χ1v) is 5.80. The lowest BCUT2D eigenvalue weighted by atomic mass is 10.1. The first kappa shape index (κ1) is 12.0. The Morgan fingerprint density at radius 1 is 1.13 bits per heavy atom. The normalized spacial score (nSPS) is 19.3. The lowest BCUT2D eigenvalue weighted by Crippen LogP contribution is -2.35. The van der Waals surface area contributed by atoms with Gasteiger partial charge in [-0.05, 0) is 45.6 Å². The molecule has 1 saturated heterocycles. The molecule has 0 radical (unpaired) electrons. The van der Waals surface area contributed by atoms with Crippen LogP contribution in [-0.4, -0.2) is 23.8 Å². The number of hydrogen-bond acceptors (Lipinski definition) is 1. The van der Waals surface area contributed by atoms with E-state index < -0.39 is 0 Å². The molecule has 84 valence electrons. The second-order valence-corrected chi connectivity index (χ2v) is 4.26. The molecule has 0 amide bonds. The number of allylic oxidation sites excluding steroid dienone is 3. The van der Waals surface area contributed by atoms with Gasteiger partial charge < -0.3 is 4.90 Å². The van der Waals surface area contributed by atoms with Crippen LogP contribution in [0.2, 0.25) is 0 Å². The van der Waals surface area contributed by atoms with Gasteiger partial charge in [0.2, 0.25) is 0 Å². The molecule has 0 bridgehead atoms. The molecule has 1 N–H and O–H groups in total. The van der Waals surface area contributed by atoms with Crippen molar-refractivity contribution in [1.82, 2.24) is 4.90 Å². The molecule has 0 aromatic rings. The van der Waals surface area contributed by atoms with Crippen molar-refractivity contribution in [3.8, 4) is 0 Å². The standard InChI is InChI=1S/C13H22N2/c1-4-11(2)10-12(3)13(14)15-8-6-5-7-9-15/h4,10,14H,5-9H2,1-3H3/b11-4-,12-10-,14-13?. The summed E-state index contributed by atoms with van der Waals surface area (Å²) in [7, 11) is 0. The highest BCUT2D eigenvalue weighted by atomic mass is 15.2. The predicted octanol–water partition coefficient (Wildman–Crippen LogP) is 3.36. The van der Waals surface area contributed by atoms with Gasteiger partial charge in [0.05, 0.1) is 0 Å². The highest BCUT2D eigenvalue weighted by Gasteiger charge is 2.14. The third-order valence-electron chi connectivity index (χ3n) is 2.95. The number of hydrogen-bond donors (Lipinski definition) is 1. The Morgan fingerprint density at radius 2 is 1.73 bits per heavy atom. The Kier molecular flexibility index (Phi) is 4.60. The summed E-state index contributed by atoms with van der Waals surface area (Å²) >= 11 is 0. The minimum absolute atomic E-state index is 0.705. The number of piperidine rings is 1. The van der Waals surface area contributed by atoms with E-state index in [1.807, 2.05) is 13.8 Å². The summed E-state index contributed by atoms with van der Waals surface area (Å²) in [5.74, 6) is 0.705. The van der Waals surface area contributed by atoms with E-state index in [0.717, 1.165) is 18.7 Å². The Labute approximate surface area is 93.2 Å². The largest absolute Gasteiger partial charge is 0.357 e. The van der Waals surface area contributed by atoms with Gasteiger partial charge in [-0.25, -0.2) is 0 Å². The lowest BCUT2D eigenvalue weighted by molar-refractivity contribution is 0.340. The highest BCUT2D eigenvalue weighted by molar-refractivity contribution is 5.95. The molecule has 0 aliphatic carbocycles. The fourth-order valence-corrected chi connectivity index (χ4v) is 1.86. The average Bonchev–Trinajstić information content (AvgIpc) is 2.29. The topological polar surface area (TPSA) is 27.1 Å². The van der Waals surface area contributed by atoms with Crippen LogP contribution in [0.3, 0.4) is 0 Å². The van der Waals surface area contributed by atoms with Crippen molar-refractivity contribution in [1.29, 1.82) is 5.41 Å². The fourth-order valence-electron chi connectivity index (χ4n) is 1.86. The zero-order valence-electron chi connectivity index (χ0n) is 10.1. The Morgan fingerprint density at radius 3 is 2.27 bits per heavy atom. The van der Waals surface area contributed by atoms with Crippen molar-refractivity contribution in [3.63, 3.8) is 0 Å². The molecule has 0 spiro atoms. The number of rotatable bonds is 2. The van der Waals surface area contributed by atoms with Gasteiger partial charge in [0, 0.05) is 13.1 Å². The summed E-state index contributed by atoms with van der Waals surface area (Å²) in [6, 6.07) is 0. The Bertz CT molecular complexity index is 281. The summed E-state index contributed by atoms with van der Waals surface area (Å²) in [5.41, 5.74) is 2.31. The average molecular weight is 206 g/mol. The third kappa shape index (κ3) is 3.54. The van der Waals surface area contributed by atoms with Crippen LogP contribution in [0.25, 0.3) is 0 Å². The van der Waals surface area contributed by atoms with Crippen molar-refractivity contribution < 1.29 is 0 Å². The molecular weight excluding hydrogens is 184 g/mol. The molecule has 2 heteroatoms. The zero-order chi connectivity index (χ0) is 11.3. The lowest BCUT2D eigenvalue weighted by Gasteiger charge is -2.29. The van der Waals surface area contributed by atoms with Crippen LogP contribution in [0.4, 0.5) is 0 Å². The molecule has 0 unspecified atom stereocenters. The molecule has 1 aliphatic heterocycles. The van der Waals surface area contributed by atoms with Crippen LogP contribution in [0.15, 0.2) is 23.3 Å². The minimum atomic E-state index is 0.705. The zero-order valence-corrected chi connectivity index (χ0v) is 10.1. The van der Waals surface area contributed by atoms with E-state index in [2.05, 4.69) is 24.0 Å². The molecule has 2 nitrogen and oxygen atoms in total. The number of likely N-dealkylation sites (tertiary alicyclic amines) is 1. The summed E-state index contributed by atoms with van der Waals surface area (Å²) in [5, 5.41) is 8.09. The first-order chi connectivity index (χ1) is 7.15. The first-order valence-electron chi connectivity index (χ1n) is 5.80. The van der Waals surface area contributed by atoms with Gasteiger partial charge in [-0.15, -0.1) is 0 Å². The maximum atomic E-state index is 8.09. The second kappa shape index (κ2) is 5.74. The van der Waals surface area contributed by atoms with Crippen molar-refractivity contribution >= 4 is 5.84 Å². The van der Waals surface area contributed by atoms with Gasteiger partial charge in [0.1, 0.15) is 5.84 Å². The summed E-state index contributed by atoms with van der Waals surface area (Å²) < 4.78 is 0. The van der Waals surface area contributed by atoms with Crippen molar-refractivity contribution in [2.45, 2.75) is 40.0 Å². The third-order valence-corrected chi connectivity index (χ3v) is 2.95. The number of amidine groups is 1. The van der Waals surface area contributed by atoms with Gasteiger partial charge in [0.15, 0.2) is 0 Å². The van der Waals surface area contributed by atoms with Crippen LogP contribution < -0.4 is 0 Å². The molecule has 0 saturated carbocycles. The van der Waals surface area contributed by atoms with E-state index in [0.29, 0.717) is 5.84 Å². The fraction of sp³-hybridized carbons (Fsp3) is 0.615. The van der Waals surface area contributed by atoms with E-state index in [4.69, 9.17) is 5.41 Å². The molecule has 1 aliphatic rings. The van der Waals surface area contributed by atoms with Gasteiger partial charge >= 0.3 is 0 Å². The van der Waals surface area contributed by atoms with Crippen LogP contribution in [-0.2, 0) is 0 Å². The van der Waals surface area contributed by atoms with E-state index in [9.17, 15) is 0 Å². The van der Waals surface area contributed by atoms with E-state index in [1.165, 1.54) is 24.8 Å². The molecule has 0 aromatic carbocycles. The van der Waals surface area contributed by atoms with Gasteiger partial charge in [-0.3, -0.25) is 5.41 Å². The Hall–Kier alpha value is -1.05. The summed E-state index contributed by atoms with van der Waals surface area (Å²) in [4.78, 5) is 2.19. The molecule has 1 fully saturated rings. The SMILES string of the molecule is C/C=C(C)\C=C(\C)C(=N)N1CCCCC1. The number of nitrogens with one attached hydrogen (secondary N) is 1. The van der Waals surface area contributed by atoms with Gasteiger partial charge in [-0.2, -0.15) is 0 Å². The van der Waals surface area contributed by atoms with E-state index in [1.54, 1.807) is 0 Å². The maximum Gasteiger partial charge on any atom is 0.123 e. The van der Waals surface area contributed by atoms with Crippen molar-refractivity contribution in [2.75, 3.05) is 13.1 Å². The minimum Gasteiger partial charge on any atom is -0.357 e. The highest BCUT2D eigenvalue weighted by Crippen LogP contribution is 2.13. The quantitative estimate of drug-likeness (QED) is 0.418. The number of nitrogens with zero attached hydrogens (tertiary/aromatic N) is 1. The van der Waals surface area contributed by atoms with Crippen LogP contribution in [0, 0.1) is 5.41 Å². The van der Waals surface area contributed by atoms with Crippen molar-refractivity contribution in [2.24, 2.45) is 0 Å². The van der Waals surface area contributed by atoms with E-state index in [-0.39, 0.29) is 0 Å². The van der Waals surface area contributed by atoms with Gasteiger partial charge in [-0.1, -0.05) is 17.7 Å². The predicted molar refractivity (Wildman–Crippen MR) is 66.3 cm³/mol. The summed E-state index contributed by atoms with van der Waals surface area (Å²) in [6.45, 7) is 8.25. The molecule has 1 heterocycles. The molecule has 0 aromatic heterocycles.